The van der Waals surface area contributed by atoms with E-state index in [1.807, 2.05) is 0 Å². The van der Waals surface area contributed by atoms with Gasteiger partial charge in [-0.15, -0.1) is 0 Å². The molecule has 5 nitrogen and oxygen atoms in total. The minimum absolute atomic E-state index is 0.0892. The number of aromatic nitrogens is 1. The van der Waals surface area contributed by atoms with Crippen LogP contribution in [0.1, 0.15) is 38.6 Å². The lowest BCUT2D eigenvalue weighted by Gasteiger charge is -2.22. The molecule has 0 aliphatic carbocycles. The molecule has 19 heavy (non-hydrogen) atoms. The first-order valence-electron chi connectivity index (χ1n) is 6.80. The SMILES string of the molecule is CCCNC(Cc1ccc([N+](=O)[O-])c(C)n1)C(C)C. The van der Waals surface area contributed by atoms with Crippen LogP contribution < -0.4 is 5.32 Å². The Kier molecular flexibility index (Phi) is 5.89. The number of nitro groups is 1. The molecule has 0 saturated carbocycles. The van der Waals surface area contributed by atoms with Crippen molar-refractivity contribution in [1.82, 2.24) is 10.3 Å². The fraction of sp³-hybridized carbons (Fsp3) is 0.643. The number of nitrogens with one attached hydrogen (secondary N) is 1. The third kappa shape index (κ3) is 4.59. The second-order valence-corrected chi connectivity index (χ2v) is 5.17. The Morgan fingerprint density at radius 3 is 2.58 bits per heavy atom. The molecule has 0 spiro atoms. The van der Waals surface area contributed by atoms with E-state index in [0.29, 0.717) is 17.7 Å². The minimum atomic E-state index is -0.388. The summed E-state index contributed by atoms with van der Waals surface area (Å²) in [6, 6.07) is 3.66. The Hall–Kier alpha value is -1.49. The van der Waals surface area contributed by atoms with Crippen molar-refractivity contribution in [2.75, 3.05) is 6.54 Å². The van der Waals surface area contributed by atoms with Crippen molar-refractivity contribution < 1.29 is 4.92 Å². The summed E-state index contributed by atoms with van der Waals surface area (Å²) in [5, 5.41) is 14.3. The summed E-state index contributed by atoms with van der Waals surface area (Å²) in [5.41, 5.74) is 1.48. The fourth-order valence-corrected chi connectivity index (χ4v) is 2.01. The van der Waals surface area contributed by atoms with Crippen LogP contribution in [-0.4, -0.2) is 22.5 Å². The van der Waals surface area contributed by atoms with Crippen molar-refractivity contribution in [3.63, 3.8) is 0 Å². The standard InChI is InChI=1S/C14H23N3O2/c1-5-8-15-13(10(2)3)9-12-6-7-14(17(18)19)11(4)16-12/h6-7,10,13,15H,5,8-9H2,1-4H3. The van der Waals surface area contributed by atoms with Crippen molar-refractivity contribution in [3.05, 3.63) is 33.6 Å². The number of pyridine rings is 1. The van der Waals surface area contributed by atoms with Gasteiger partial charge in [0.2, 0.25) is 0 Å². The maximum absolute atomic E-state index is 10.8. The number of hydrogen-bond acceptors (Lipinski definition) is 4. The van der Waals surface area contributed by atoms with E-state index in [9.17, 15) is 10.1 Å². The summed E-state index contributed by atoms with van der Waals surface area (Å²) < 4.78 is 0. The lowest BCUT2D eigenvalue weighted by molar-refractivity contribution is -0.385. The van der Waals surface area contributed by atoms with Gasteiger partial charge in [-0.05, 0) is 31.9 Å². The van der Waals surface area contributed by atoms with Crippen molar-refractivity contribution in [2.45, 2.75) is 46.6 Å². The van der Waals surface area contributed by atoms with Gasteiger partial charge >= 0.3 is 0 Å². The van der Waals surface area contributed by atoms with Crippen LogP contribution in [0.5, 0.6) is 0 Å². The average molecular weight is 265 g/mol. The summed E-state index contributed by atoms with van der Waals surface area (Å²) in [4.78, 5) is 14.7. The molecule has 1 aromatic heterocycles. The van der Waals surface area contributed by atoms with Crippen LogP contribution in [0.3, 0.4) is 0 Å². The molecule has 0 saturated heterocycles. The van der Waals surface area contributed by atoms with Crippen LogP contribution >= 0.6 is 0 Å². The predicted octanol–water partition coefficient (Wildman–Crippen LogP) is 2.86. The zero-order valence-electron chi connectivity index (χ0n) is 12.1. The van der Waals surface area contributed by atoms with E-state index >= 15 is 0 Å². The third-order valence-electron chi connectivity index (χ3n) is 3.20. The first kappa shape index (κ1) is 15.6. The van der Waals surface area contributed by atoms with Gasteiger partial charge in [-0.25, -0.2) is 0 Å². The number of rotatable bonds is 7. The van der Waals surface area contributed by atoms with E-state index < -0.39 is 0 Å². The summed E-state index contributed by atoms with van der Waals surface area (Å²) in [6.07, 6.45) is 1.90. The highest BCUT2D eigenvalue weighted by Crippen LogP contribution is 2.17. The molecule has 1 atom stereocenters. The highest BCUT2D eigenvalue weighted by atomic mass is 16.6. The van der Waals surface area contributed by atoms with Gasteiger partial charge in [-0.1, -0.05) is 20.8 Å². The average Bonchev–Trinajstić information content (AvgIpc) is 2.33. The molecule has 0 aliphatic heterocycles. The highest BCUT2D eigenvalue weighted by Gasteiger charge is 2.16. The first-order valence-corrected chi connectivity index (χ1v) is 6.80. The molecule has 0 amide bonds. The maximum atomic E-state index is 10.8. The van der Waals surface area contributed by atoms with Gasteiger partial charge in [0.1, 0.15) is 5.69 Å². The zero-order valence-corrected chi connectivity index (χ0v) is 12.1. The molecule has 1 heterocycles. The molecule has 5 heteroatoms. The lowest BCUT2D eigenvalue weighted by atomic mass is 9.98. The van der Waals surface area contributed by atoms with Crippen molar-refractivity contribution in [3.8, 4) is 0 Å². The van der Waals surface area contributed by atoms with Crippen LogP contribution in [0.15, 0.2) is 12.1 Å². The molecule has 0 aromatic carbocycles. The van der Waals surface area contributed by atoms with Gasteiger partial charge in [0.25, 0.3) is 5.69 Å². The molecule has 0 bridgehead atoms. The summed E-state index contributed by atoms with van der Waals surface area (Å²) in [6.45, 7) is 9.15. The van der Waals surface area contributed by atoms with E-state index in [1.165, 1.54) is 0 Å². The van der Waals surface area contributed by atoms with Crippen molar-refractivity contribution >= 4 is 5.69 Å². The molecule has 1 N–H and O–H groups in total. The van der Waals surface area contributed by atoms with Crippen LogP contribution in [0, 0.1) is 23.0 Å². The van der Waals surface area contributed by atoms with Crippen LogP contribution in [0.25, 0.3) is 0 Å². The van der Waals surface area contributed by atoms with Crippen LogP contribution in [-0.2, 0) is 6.42 Å². The smallest absolute Gasteiger partial charge is 0.290 e. The third-order valence-corrected chi connectivity index (χ3v) is 3.20. The Bertz CT molecular complexity index is 433. The normalized spacial score (nSPS) is 12.7. The molecule has 0 radical (unpaired) electrons. The van der Waals surface area contributed by atoms with E-state index in [4.69, 9.17) is 0 Å². The van der Waals surface area contributed by atoms with Crippen LogP contribution in [0.2, 0.25) is 0 Å². The Morgan fingerprint density at radius 2 is 2.11 bits per heavy atom. The molecular weight excluding hydrogens is 242 g/mol. The molecule has 0 aliphatic rings. The van der Waals surface area contributed by atoms with Crippen molar-refractivity contribution in [1.29, 1.82) is 0 Å². The topological polar surface area (TPSA) is 68.1 Å². The molecule has 0 fully saturated rings. The quantitative estimate of drug-likeness (QED) is 0.608. The van der Waals surface area contributed by atoms with Gasteiger partial charge < -0.3 is 5.32 Å². The zero-order chi connectivity index (χ0) is 14.4. The molecule has 1 unspecified atom stereocenters. The summed E-state index contributed by atoms with van der Waals surface area (Å²) in [7, 11) is 0. The first-order chi connectivity index (χ1) is 8.95. The Labute approximate surface area is 114 Å². The molecule has 106 valence electrons. The van der Waals surface area contributed by atoms with Gasteiger partial charge in [-0.3, -0.25) is 15.1 Å². The summed E-state index contributed by atoms with van der Waals surface area (Å²) in [5.74, 6) is 0.504. The van der Waals surface area contributed by atoms with E-state index in [1.54, 1.807) is 19.1 Å². The minimum Gasteiger partial charge on any atom is -0.313 e. The number of aryl methyl sites for hydroxylation is 1. The molecule has 1 aromatic rings. The van der Waals surface area contributed by atoms with Gasteiger partial charge in [0.05, 0.1) is 4.92 Å². The van der Waals surface area contributed by atoms with E-state index in [-0.39, 0.29) is 10.6 Å². The molecule has 1 rings (SSSR count). The van der Waals surface area contributed by atoms with Gasteiger partial charge in [-0.2, -0.15) is 0 Å². The van der Waals surface area contributed by atoms with E-state index in [0.717, 1.165) is 25.1 Å². The van der Waals surface area contributed by atoms with Crippen molar-refractivity contribution in [2.24, 2.45) is 5.92 Å². The lowest BCUT2D eigenvalue weighted by Crippen LogP contribution is -2.36. The monoisotopic (exact) mass is 265 g/mol. The second-order valence-electron chi connectivity index (χ2n) is 5.17. The van der Waals surface area contributed by atoms with Crippen LogP contribution in [0.4, 0.5) is 5.69 Å². The second kappa shape index (κ2) is 7.19. The fourth-order valence-electron chi connectivity index (χ4n) is 2.01. The number of hydrogen-bond donors (Lipinski definition) is 1. The van der Waals surface area contributed by atoms with Gasteiger partial charge in [0.15, 0.2) is 0 Å². The Balaban J connectivity index is 2.79. The maximum Gasteiger partial charge on any atom is 0.290 e. The Morgan fingerprint density at radius 1 is 1.42 bits per heavy atom. The largest absolute Gasteiger partial charge is 0.313 e. The van der Waals surface area contributed by atoms with E-state index in [2.05, 4.69) is 31.1 Å². The number of nitrogens with zero attached hydrogens (tertiary/aromatic N) is 2. The highest BCUT2D eigenvalue weighted by molar-refractivity contribution is 5.35. The summed E-state index contributed by atoms with van der Waals surface area (Å²) >= 11 is 0. The van der Waals surface area contributed by atoms with Gasteiger partial charge in [0, 0.05) is 24.2 Å². The molecular formula is C14H23N3O2. The predicted molar refractivity (Wildman–Crippen MR) is 76.3 cm³/mol.